The third kappa shape index (κ3) is 3.08. The number of amides is 1. The van der Waals surface area contributed by atoms with Crippen LogP contribution in [0.1, 0.15) is 58.6 Å². The summed E-state index contributed by atoms with van der Waals surface area (Å²) in [7, 11) is 0. The molecule has 1 amide bonds. The van der Waals surface area contributed by atoms with Gasteiger partial charge in [0.05, 0.1) is 5.56 Å². The van der Waals surface area contributed by atoms with Crippen LogP contribution >= 0.6 is 0 Å². The predicted molar refractivity (Wildman–Crippen MR) is 82.8 cm³/mol. The summed E-state index contributed by atoms with van der Waals surface area (Å²) in [5.41, 5.74) is 0.792. The number of H-pyrrole nitrogens is 1. The summed E-state index contributed by atoms with van der Waals surface area (Å²) in [6.45, 7) is 0. The van der Waals surface area contributed by atoms with Gasteiger partial charge in [-0.2, -0.15) is 0 Å². The maximum atomic E-state index is 12.5. The third-order valence-electron chi connectivity index (χ3n) is 4.07. The van der Waals surface area contributed by atoms with Crippen molar-refractivity contribution in [1.82, 2.24) is 15.3 Å². The smallest absolute Gasteiger partial charge is 0.252 e. The molecule has 0 bridgehead atoms. The highest BCUT2D eigenvalue weighted by Crippen LogP contribution is 2.19. The van der Waals surface area contributed by atoms with Gasteiger partial charge in [0.15, 0.2) is 5.82 Å². The van der Waals surface area contributed by atoms with E-state index in [0.717, 1.165) is 25.7 Å². The maximum absolute atomic E-state index is 12.5. The molecule has 1 heterocycles. The molecule has 1 aliphatic carbocycles. The normalized spacial score (nSPS) is 15.5. The maximum Gasteiger partial charge on any atom is 0.252 e. The van der Waals surface area contributed by atoms with Crippen LogP contribution in [-0.4, -0.2) is 27.7 Å². The Morgan fingerprint density at radius 1 is 1.09 bits per heavy atom. The number of aromatic nitrogens is 2. The summed E-state index contributed by atoms with van der Waals surface area (Å²) in [4.78, 5) is 31.7. The highest BCUT2D eigenvalue weighted by atomic mass is 16.2. The molecule has 0 spiro atoms. The molecule has 2 aromatic rings. The molecule has 5 nitrogen and oxygen atoms in total. The summed E-state index contributed by atoms with van der Waals surface area (Å²) >= 11 is 0. The number of nitrogens with zero attached hydrogens (tertiary/aromatic N) is 1. The molecule has 114 valence electrons. The lowest BCUT2D eigenvalue weighted by molar-refractivity contribution is 0.0917. The molecular formula is C17H19N3O2. The van der Waals surface area contributed by atoms with Crippen molar-refractivity contribution < 1.29 is 9.59 Å². The van der Waals surface area contributed by atoms with Gasteiger partial charge in [0.1, 0.15) is 0 Å². The van der Waals surface area contributed by atoms with Gasteiger partial charge in [-0.15, -0.1) is 0 Å². The molecule has 0 radical (unpaired) electrons. The molecule has 1 aromatic heterocycles. The lowest BCUT2D eigenvalue weighted by atomic mass is 9.94. The molecule has 0 aliphatic heterocycles. The van der Waals surface area contributed by atoms with Crippen molar-refractivity contribution in [2.45, 2.75) is 38.1 Å². The second-order valence-corrected chi connectivity index (χ2v) is 5.62. The molecule has 0 atom stereocenters. The van der Waals surface area contributed by atoms with E-state index in [4.69, 9.17) is 0 Å². The van der Waals surface area contributed by atoms with Crippen LogP contribution in [0, 0.1) is 0 Å². The minimum Gasteiger partial charge on any atom is -0.349 e. The first-order valence-corrected chi connectivity index (χ1v) is 7.69. The largest absolute Gasteiger partial charge is 0.349 e. The Balaban J connectivity index is 1.81. The number of ketones is 1. The number of carbonyl (C=O) groups excluding carboxylic acids is 2. The number of hydrogen-bond donors (Lipinski definition) is 2. The second-order valence-electron chi connectivity index (χ2n) is 5.62. The van der Waals surface area contributed by atoms with Gasteiger partial charge in [-0.25, -0.2) is 4.98 Å². The first kappa shape index (κ1) is 14.5. The van der Waals surface area contributed by atoms with Crippen molar-refractivity contribution in [3.63, 3.8) is 0 Å². The first-order valence-electron chi connectivity index (χ1n) is 7.69. The van der Waals surface area contributed by atoms with Crippen molar-refractivity contribution in [2.75, 3.05) is 0 Å². The Bertz CT molecular complexity index is 658. The summed E-state index contributed by atoms with van der Waals surface area (Å²) in [5.74, 6) is -0.195. The Kier molecular flexibility index (Phi) is 4.32. The molecule has 22 heavy (non-hydrogen) atoms. The van der Waals surface area contributed by atoms with Crippen molar-refractivity contribution in [2.24, 2.45) is 0 Å². The zero-order valence-electron chi connectivity index (χ0n) is 12.3. The average Bonchev–Trinajstić information content (AvgIpc) is 3.09. The molecule has 1 fully saturated rings. The highest BCUT2D eigenvalue weighted by molar-refractivity contribution is 6.13. The fraction of sp³-hybridized carbons (Fsp3) is 0.353. The average molecular weight is 297 g/mol. The van der Waals surface area contributed by atoms with Crippen molar-refractivity contribution in [3.05, 3.63) is 53.6 Å². The molecule has 1 aliphatic rings. The van der Waals surface area contributed by atoms with Gasteiger partial charge in [-0.3, -0.25) is 9.59 Å². The highest BCUT2D eigenvalue weighted by Gasteiger charge is 2.22. The van der Waals surface area contributed by atoms with E-state index in [1.54, 1.807) is 30.5 Å². The zero-order valence-corrected chi connectivity index (χ0v) is 12.3. The van der Waals surface area contributed by atoms with Crippen LogP contribution in [0.15, 0.2) is 36.7 Å². The molecule has 3 rings (SSSR count). The summed E-state index contributed by atoms with van der Waals surface area (Å²) in [5, 5.41) is 3.05. The number of nitrogens with one attached hydrogen (secondary N) is 2. The monoisotopic (exact) mass is 297 g/mol. The van der Waals surface area contributed by atoms with E-state index in [9.17, 15) is 9.59 Å². The second kappa shape index (κ2) is 6.56. The van der Waals surface area contributed by atoms with E-state index in [-0.39, 0.29) is 23.6 Å². The molecule has 2 N–H and O–H groups in total. The summed E-state index contributed by atoms with van der Waals surface area (Å²) < 4.78 is 0. The van der Waals surface area contributed by atoms with Gasteiger partial charge < -0.3 is 10.3 Å². The Labute approximate surface area is 129 Å². The van der Waals surface area contributed by atoms with Gasteiger partial charge in [-0.05, 0) is 18.9 Å². The minimum absolute atomic E-state index is 0.178. The van der Waals surface area contributed by atoms with E-state index in [1.165, 1.54) is 12.6 Å². The van der Waals surface area contributed by atoms with E-state index >= 15 is 0 Å². The molecule has 1 aromatic carbocycles. The van der Waals surface area contributed by atoms with Crippen LogP contribution in [0.4, 0.5) is 0 Å². The Morgan fingerprint density at radius 3 is 2.50 bits per heavy atom. The van der Waals surface area contributed by atoms with Crippen molar-refractivity contribution in [3.8, 4) is 0 Å². The van der Waals surface area contributed by atoms with Gasteiger partial charge in [0.25, 0.3) is 5.91 Å². The van der Waals surface area contributed by atoms with E-state index in [0.29, 0.717) is 11.1 Å². The fourth-order valence-electron chi connectivity index (χ4n) is 2.91. The van der Waals surface area contributed by atoms with Crippen LogP contribution in [-0.2, 0) is 0 Å². The minimum atomic E-state index is -0.264. The molecule has 0 saturated heterocycles. The Morgan fingerprint density at radius 2 is 1.82 bits per heavy atom. The van der Waals surface area contributed by atoms with Crippen LogP contribution in [0.2, 0.25) is 0 Å². The molecule has 5 heteroatoms. The van der Waals surface area contributed by atoms with Gasteiger partial charge in [0.2, 0.25) is 5.78 Å². The van der Waals surface area contributed by atoms with E-state index < -0.39 is 0 Å². The van der Waals surface area contributed by atoms with Gasteiger partial charge in [-0.1, -0.05) is 37.5 Å². The number of hydrogen-bond acceptors (Lipinski definition) is 3. The standard InChI is InChI=1S/C17H19N3O2/c21-15(16-18-10-11-19-16)13-8-4-5-9-14(13)17(22)20-12-6-2-1-3-7-12/h4-5,8-12H,1-3,6-7H2,(H,18,19)(H,20,22). The zero-order chi connectivity index (χ0) is 15.4. The van der Waals surface area contributed by atoms with Crippen LogP contribution < -0.4 is 5.32 Å². The number of aromatic amines is 1. The van der Waals surface area contributed by atoms with Crippen LogP contribution in [0.25, 0.3) is 0 Å². The molecule has 1 saturated carbocycles. The van der Waals surface area contributed by atoms with Crippen molar-refractivity contribution in [1.29, 1.82) is 0 Å². The molecular weight excluding hydrogens is 278 g/mol. The number of rotatable bonds is 4. The molecule has 0 unspecified atom stereocenters. The SMILES string of the molecule is O=C(NC1CCCCC1)c1ccccc1C(=O)c1ncc[nH]1. The van der Waals surface area contributed by atoms with Crippen molar-refractivity contribution >= 4 is 11.7 Å². The Hall–Kier alpha value is -2.43. The van der Waals surface area contributed by atoms with Gasteiger partial charge >= 0.3 is 0 Å². The number of carbonyl (C=O) groups is 2. The topological polar surface area (TPSA) is 74.8 Å². The third-order valence-corrected chi connectivity index (χ3v) is 4.07. The number of benzene rings is 1. The number of imidazole rings is 1. The lowest BCUT2D eigenvalue weighted by Gasteiger charge is -2.23. The summed E-state index contributed by atoms with van der Waals surface area (Å²) in [6, 6.07) is 7.10. The van der Waals surface area contributed by atoms with Gasteiger partial charge in [0, 0.05) is 24.0 Å². The fourth-order valence-corrected chi connectivity index (χ4v) is 2.91. The summed E-state index contributed by atoms with van der Waals surface area (Å²) in [6.07, 6.45) is 8.69. The van der Waals surface area contributed by atoms with E-state index in [2.05, 4.69) is 15.3 Å². The van der Waals surface area contributed by atoms with Crippen LogP contribution in [0.5, 0.6) is 0 Å². The van der Waals surface area contributed by atoms with E-state index in [1.807, 2.05) is 0 Å². The predicted octanol–water partition coefficient (Wildman–Crippen LogP) is 2.70. The quantitative estimate of drug-likeness (QED) is 0.852. The lowest BCUT2D eigenvalue weighted by Crippen LogP contribution is -2.36. The van der Waals surface area contributed by atoms with Crippen LogP contribution in [0.3, 0.4) is 0 Å². The first-order chi connectivity index (χ1) is 10.8.